The number of halogens is 1. The summed E-state index contributed by atoms with van der Waals surface area (Å²) in [5, 5.41) is 10.9. The van der Waals surface area contributed by atoms with Crippen molar-refractivity contribution in [1.29, 1.82) is 0 Å². The molecule has 2 atom stereocenters. The van der Waals surface area contributed by atoms with Gasteiger partial charge in [0, 0.05) is 9.58 Å². The minimum Gasteiger partial charge on any atom is -0.494 e. The van der Waals surface area contributed by atoms with Gasteiger partial charge in [0.05, 0.1) is 13.2 Å². The number of thiophene rings is 1. The normalized spacial score (nSPS) is 18.9. The van der Waals surface area contributed by atoms with Gasteiger partial charge in [0.15, 0.2) is 11.6 Å². The van der Waals surface area contributed by atoms with Crippen molar-refractivity contribution in [2.24, 2.45) is 0 Å². The molecule has 0 saturated carbocycles. The Morgan fingerprint density at radius 2 is 2.07 bits per heavy atom. The molecule has 0 radical (unpaired) electrons. The van der Waals surface area contributed by atoms with Crippen molar-refractivity contribution in [3.63, 3.8) is 0 Å². The lowest BCUT2D eigenvalue weighted by Gasteiger charge is -2.39. The molecule has 6 heteroatoms. The van der Waals surface area contributed by atoms with Gasteiger partial charge in [-0.25, -0.2) is 4.39 Å². The highest BCUT2D eigenvalue weighted by Gasteiger charge is 2.36. The molecule has 2 aromatic carbocycles. The fourth-order valence-corrected chi connectivity index (χ4v) is 5.25. The molecule has 1 aliphatic rings. The molecule has 3 aromatic rings. The molecule has 28 heavy (non-hydrogen) atoms. The molecular formula is C22H22FNO3S. The molecule has 1 saturated heterocycles. The molecule has 0 amide bonds. The molecule has 146 valence electrons. The first kappa shape index (κ1) is 18.9. The third kappa shape index (κ3) is 3.50. The standard InChI is InChI=1S/C22H22FNO3S/c1-27-18-10-9-15(12-16(18)23)21(24-11-5-4-7-17(24)22(25)26)20-13-14-6-2-3-8-19(14)28-20/h2-3,6,8-10,12-13,17,21H,4-5,7,11H2,1H3,(H,25,26). The number of carbonyl (C=O) groups is 1. The van der Waals surface area contributed by atoms with Crippen molar-refractivity contribution in [2.75, 3.05) is 13.7 Å². The van der Waals surface area contributed by atoms with E-state index >= 15 is 0 Å². The number of carboxylic acid groups (broad SMARTS) is 1. The summed E-state index contributed by atoms with van der Waals surface area (Å²) in [5.74, 6) is -1.07. The number of hydrogen-bond donors (Lipinski definition) is 1. The SMILES string of the molecule is COc1ccc(C(c2cc3ccccc3s2)N2CCCCC2C(=O)O)cc1F. The summed E-state index contributed by atoms with van der Waals surface area (Å²) in [6, 6.07) is 14.2. The maximum absolute atomic E-state index is 14.5. The number of methoxy groups -OCH3 is 1. The number of ether oxygens (including phenoxy) is 1. The van der Waals surface area contributed by atoms with Gasteiger partial charge < -0.3 is 9.84 Å². The minimum atomic E-state index is -0.820. The van der Waals surface area contributed by atoms with E-state index in [4.69, 9.17) is 4.74 Å². The van der Waals surface area contributed by atoms with Gasteiger partial charge >= 0.3 is 5.97 Å². The monoisotopic (exact) mass is 399 g/mol. The second-order valence-electron chi connectivity index (χ2n) is 7.07. The minimum absolute atomic E-state index is 0.187. The van der Waals surface area contributed by atoms with E-state index in [9.17, 15) is 14.3 Å². The topological polar surface area (TPSA) is 49.8 Å². The second-order valence-corrected chi connectivity index (χ2v) is 8.19. The van der Waals surface area contributed by atoms with Crippen molar-refractivity contribution in [2.45, 2.75) is 31.3 Å². The first-order chi connectivity index (χ1) is 13.6. The summed E-state index contributed by atoms with van der Waals surface area (Å²) in [7, 11) is 1.44. The smallest absolute Gasteiger partial charge is 0.320 e. The molecule has 2 heterocycles. The van der Waals surface area contributed by atoms with E-state index < -0.39 is 17.8 Å². The van der Waals surface area contributed by atoms with Crippen LogP contribution in [-0.2, 0) is 4.79 Å². The van der Waals surface area contributed by atoms with Crippen LogP contribution in [0.2, 0.25) is 0 Å². The maximum atomic E-state index is 14.5. The second kappa shape index (κ2) is 7.89. The number of benzene rings is 2. The summed E-state index contributed by atoms with van der Waals surface area (Å²) < 4.78 is 20.7. The third-order valence-electron chi connectivity index (χ3n) is 5.37. The first-order valence-corrected chi connectivity index (χ1v) is 10.2. The van der Waals surface area contributed by atoms with E-state index in [1.54, 1.807) is 17.4 Å². The molecule has 1 aliphatic heterocycles. The highest BCUT2D eigenvalue weighted by molar-refractivity contribution is 7.19. The molecule has 0 aliphatic carbocycles. The third-order valence-corrected chi connectivity index (χ3v) is 6.54. The summed E-state index contributed by atoms with van der Waals surface area (Å²) in [6.07, 6.45) is 2.43. The molecule has 4 nitrogen and oxygen atoms in total. The van der Waals surface area contributed by atoms with Gasteiger partial charge in [-0.05, 0) is 54.6 Å². The van der Waals surface area contributed by atoms with Gasteiger partial charge in [-0.15, -0.1) is 11.3 Å². The lowest BCUT2D eigenvalue weighted by atomic mass is 9.95. The van der Waals surface area contributed by atoms with E-state index in [1.807, 2.05) is 29.2 Å². The Hall–Kier alpha value is -2.44. The van der Waals surface area contributed by atoms with Gasteiger partial charge in [0.2, 0.25) is 0 Å². The van der Waals surface area contributed by atoms with Crippen LogP contribution in [0, 0.1) is 5.82 Å². The lowest BCUT2D eigenvalue weighted by Crippen LogP contribution is -2.46. The quantitative estimate of drug-likeness (QED) is 0.650. The average molecular weight is 399 g/mol. The molecule has 1 N–H and O–H groups in total. The molecular weight excluding hydrogens is 377 g/mol. The molecule has 0 spiro atoms. The number of hydrogen-bond acceptors (Lipinski definition) is 4. The van der Waals surface area contributed by atoms with Gasteiger partial charge in [-0.1, -0.05) is 30.7 Å². The Balaban J connectivity index is 1.84. The number of carboxylic acids is 1. The maximum Gasteiger partial charge on any atom is 0.320 e. The Kier molecular flexibility index (Phi) is 5.33. The predicted octanol–water partition coefficient (Wildman–Crippen LogP) is 5.08. The fourth-order valence-electron chi connectivity index (χ4n) is 4.04. The van der Waals surface area contributed by atoms with Crippen LogP contribution in [0.3, 0.4) is 0 Å². The molecule has 2 unspecified atom stereocenters. The van der Waals surface area contributed by atoms with Gasteiger partial charge in [0.25, 0.3) is 0 Å². The zero-order valence-corrected chi connectivity index (χ0v) is 16.4. The van der Waals surface area contributed by atoms with E-state index in [0.717, 1.165) is 33.4 Å². The van der Waals surface area contributed by atoms with Crippen LogP contribution in [-0.4, -0.2) is 35.7 Å². The van der Waals surface area contributed by atoms with Crippen LogP contribution < -0.4 is 4.74 Å². The molecule has 0 bridgehead atoms. The summed E-state index contributed by atoms with van der Waals surface area (Å²) >= 11 is 1.64. The first-order valence-electron chi connectivity index (χ1n) is 9.39. The largest absolute Gasteiger partial charge is 0.494 e. The summed E-state index contributed by atoms with van der Waals surface area (Å²) in [4.78, 5) is 15.0. The van der Waals surface area contributed by atoms with Gasteiger partial charge in [-0.3, -0.25) is 9.69 Å². The van der Waals surface area contributed by atoms with Crippen molar-refractivity contribution in [1.82, 2.24) is 4.90 Å². The Bertz CT molecular complexity index is 969. The molecule has 4 rings (SSSR count). The number of piperidine rings is 1. The van der Waals surface area contributed by atoms with Crippen LogP contribution in [0.4, 0.5) is 4.39 Å². The highest BCUT2D eigenvalue weighted by atomic mass is 32.1. The molecule has 1 fully saturated rings. The van der Waals surface area contributed by atoms with Crippen molar-refractivity contribution < 1.29 is 19.0 Å². The fraction of sp³-hybridized carbons (Fsp3) is 0.318. The number of aliphatic carboxylic acids is 1. The van der Waals surface area contributed by atoms with Crippen molar-refractivity contribution in [3.8, 4) is 5.75 Å². The predicted molar refractivity (Wildman–Crippen MR) is 109 cm³/mol. The number of rotatable bonds is 5. The van der Waals surface area contributed by atoms with Crippen LogP contribution in [0.25, 0.3) is 10.1 Å². The Morgan fingerprint density at radius 3 is 2.79 bits per heavy atom. The van der Waals surface area contributed by atoms with Gasteiger partial charge in [0.1, 0.15) is 6.04 Å². The average Bonchev–Trinajstić information content (AvgIpc) is 3.12. The van der Waals surface area contributed by atoms with Gasteiger partial charge in [-0.2, -0.15) is 0 Å². The Morgan fingerprint density at radius 1 is 1.25 bits per heavy atom. The van der Waals surface area contributed by atoms with E-state index in [0.29, 0.717) is 13.0 Å². The highest BCUT2D eigenvalue weighted by Crippen LogP contribution is 2.40. The van der Waals surface area contributed by atoms with E-state index in [-0.39, 0.29) is 11.8 Å². The Labute approximate surface area is 167 Å². The summed E-state index contributed by atoms with van der Waals surface area (Å²) in [6.45, 7) is 0.670. The number of nitrogens with zero attached hydrogens (tertiary/aromatic N) is 1. The van der Waals surface area contributed by atoms with Crippen molar-refractivity contribution in [3.05, 3.63) is 64.8 Å². The number of likely N-dealkylation sites (tertiary alicyclic amines) is 1. The zero-order chi connectivity index (χ0) is 19.7. The van der Waals surface area contributed by atoms with Crippen LogP contribution >= 0.6 is 11.3 Å². The van der Waals surface area contributed by atoms with E-state index in [2.05, 4.69) is 12.1 Å². The zero-order valence-electron chi connectivity index (χ0n) is 15.6. The van der Waals surface area contributed by atoms with Crippen LogP contribution in [0.5, 0.6) is 5.75 Å². The lowest BCUT2D eigenvalue weighted by molar-refractivity contribution is -0.145. The number of fused-ring (bicyclic) bond motifs is 1. The summed E-state index contributed by atoms with van der Waals surface area (Å²) in [5.41, 5.74) is 0.748. The van der Waals surface area contributed by atoms with Crippen LogP contribution in [0.1, 0.15) is 35.7 Å². The van der Waals surface area contributed by atoms with E-state index in [1.165, 1.54) is 13.2 Å². The van der Waals surface area contributed by atoms with Crippen LogP contribution in [0.15, 0.2) is 48.5 Å². The molecule has 1 aromatic heterocycles. The van der Waals surface area contributed by atoms with Crippen molar-refractivity contribution >= 4 is 27.4 Å².